The van der Waals surface area contributed by atoms with E-state index in [1.54, 1.807) is 0 Å². The number of β-amino-alcohol motifs (C(OH)–C–C–N with tert-alkyl or cyclic N) is 1. The number of carbonyl (C=O) groups excluding carboxylic acids is 1. The van der Waals surface area contributed by atoms with Crippen molar-refractivity contribution >= 4 is 11.6 Å². The minimum Gasteiger partial charge on any atom is -0.387 e. The van der Waals surface area contributed by atoms with Crippen molar-refractivity contribution in [1.82, 2.24) is 4.90 Å². The van der Waals surface area contributed by atoms with Crippen LogP contribution in [0.15, 0.2) is 24.3 Å². The number of fused-ring (bicyclic) bond motifs is 1. The van der Waals surface area contributed by atoms with Gasteiger partial charge in [0.05, 0.1) is 12.1 Å². The van der Waals surface area contributed by atoms with Crippen LogP contribution in [0.2, 0.25) is 0 Å². The highest BCUT2D eigenvalue weighted by atomic mass is 16.3. The maximum Gasteiger partial charge on any atom is 0.241 e. The maximum absolute atomic E-state index is 12.3. The summed E-state index contributed by atoms with van der Waals surface area (Å²) in [5.41, 5.74) is 1.74. The second-order valence-corrected chi connectivity index (χ2v) is 5.65. The molecule has 0 spiro atoms. The molecular weight excluding hydrogens is 240 g/mol. The number of rotatable bonds is 3. The highest BCUT2D eigenvalue weighted by molar-refractivity contribution is 5.96. The van der Waals surface area contributed by atoms with Crippen LogP contribution in [-0.4, -0.2) is 47.7 Å². The first-order valence-corrected chi connectivity index (χ1v) is 6.94. The Bertz CT molecular complexity index is 495. The molecule has 1 amide bonds. The van der Waals surface area contributed by atoms with Gasteiger partial charge in [0.25, 0.3) is 0 Å². The molecule has 1 aromatic rings. The van der Waals surface area contributed by atoms with Crippen molar-refractivity contribution in [3.63, 3.8) is 0 Å². The van der Waals surface area contributed by atoms with Crippen LogP contribution in [0.1, 0.15) is 18.9 Å². The first kappa shape index (κ1) is 12.6. The van der Waals surface area contributed by atoms with E-state index in [0.29, 0.717) is 19.6 Å². The Labute approximate surface area is 113 Å². The molecule has 3 rings (SSSR count). The number of hydrogen-bond acceptors (Lipinski definition) is 3. The van der Waals surface area contributed by atoms with E-state index in [1.165, 1.54) is 5.56 Å². The lowest BCUT2D eigenvalue weighted by Gasteiger charge is -2.46. The zero-order valence-electron chi connectivity index (χ0n) is 11.3. The van der Waals surface area contributed by atoms with Gasteiger partial charge in [0.1, 0.15) is 0 Å². The molecule has 1 N–H and O–H groups in total. The summed E-state index contributed by atoms with van der Waals surface area (Å²) in [6.45, 7) is 4.41. The van der Waals surface area contributed by atoms with E-state index in [9.17, 15) is 9.90 Å². The standard InChI is InChI=1S/C15H20N2O2/c1-2-15(19)10-16(11-15)9-14(18)17-8-7-12-5-3-4-6-13(12)17/h3-6,19H,2,7-11H2,1H3. The normalized spacial score (nSPS) is 21.1. The summed E-state index contributed by atoms with van der Waals surface area (Å²) in [7, 11) is 0. The topological polar surface area (TPSA) is 43.8 Å². The van der Waals surface area contributed by atoms with E-state index in [-0.39, 0.29) is 5.91 Å². The summed E-state index contributed by atoms with van der Waals surface area (Å²) in [4.78, 5) is 16.2. The second kappa shape index (κ2) is 4.62. The average molecular weight is 260 g/mol. The van der Waals surface area contributed by atoms with Crippen molar-refractivity contribution in [3.05, 3.63) is 29.8 Å². The van der Waals surface area contributed by atoms with Crippen LogP contribution in [0.3, 0.4) is 0 Å². The number of para-hydroxylation sites is 1. The zero-order chi connectivity index (χ0) is 13.5. The quantitative estimate of drug-likeness (QED) is 0.883. The van der Waals surface area contributed by atoms with Crippen LogP contribution in [0.4, 0.5) is 5.69 Å². The molecule has 0 aromatic heterocycles. The molecule has 0 bridgehead atoms. The molecule has 0 radical (unpaired) electrons. The molecule has 102 valence electrons. The number of aliphatic hydroxyl groups is 1. The monoisotopic (exact) mass is 260 g/mol. The molecule has 4 nitrogen and oxygen atoms in total. The van der Waals surface area contributed by atoms with E-state index in [1.807, 2.05) is 34.9 Å². The van der Waals surface area contributed by atoms with E-state index in [2.05, 4.69) is 6.07 Å². The van der Waals surface area contributed by atoms with E-state index in [4.69, 9.17) is 0 Å². The largest absolute Gasteiger partial charge is 0.387 e. The summed E-state index contributed by atoms with van der Waals surface area (Å²) in [6.07, 6.45) is 1.70. The van der Waals surface area contributed by atoms with Gasteiger partial charge in [-0.3, -0.25) is 9.69 Å². The average Bonchev–Trinajstić information content (AvgIpc) is 2.80. The first-order chi connectivity index (χ1) is 9.11. The first-order valence-electron chi connectivity index (χ1n) is 6.94. The van der Waals surface area contributed by atoms with Crippen molar-refractivity contribution in [1.29, 1.82) is 0 Å². The lowest BCUT2D eigenvalue weighted by atomic mass is 9.91. The van der Waals surface area contributed by atoms with E-state index in [0.717, 1.165) is 25.1 Å². The summed E-state index contributed by atoms with van der Waals surface area (Å²) >= 11 is 0. The predicted molar refractivity (Wildman–Crippen MR) is 74.2 cm³/mol. The Balaban J connectivity index is 1.61. The van der Waals surface area contributed by atoms with Crippen molar-refractivity contribution in [3.8, 4) is 0 Å². The van der Waals surface area contributed by atoms with Gasteiger partial charge < -0.3 is 10.0 Å². The molecule has 0 aliphatic carbocycles. The number of carbonyl (C=O) groups is 1. The molecule has 1 saturated heterocycles. The number of amides is 1. The third-order valence-corrected chi connectivity index (χ3v) is 4.24. The van der Waals surface area contributed by atoms with Gasteiger partial charge in [-0.2, -0.15) is 0 Å². The Morgan fingerprint density at radius 3 is 2.84 bits per heavy atom. The fraction of sp³-hybridized carbons (Fsp3) is 0.533. The minimum atomic E-state index is -0.566. The highest BCUT2D eigenvalue weighted by Gasteiger charge is 2.40. The molecule has 19 heavy (non-hydrogen) atoms. The van der Waals surface area contributed by atoms with Gasteiger partial charge in [-0.05, 0) is 24.5 Å². The Hall–Kier alpha value is -1.39. The molecule has 2 heterocycles. The van der Waals surface area contributed by atoms with Gasteiger partial charge in [-0.15, -0.1) is 0 Å². The van der Waals surface area contributed by atoms with Gasteiger partial charge in [0.15, 0.2) is 0 Å². The third-order valence-electron chi connectivity index (χ3n) is 4.24. The van der Waals surface area contributed by atoms with Gasteiger partial charge in [0, 0.05) is 25.3 Å². The fourth-order valence-corrected chi connectivity index (χ4v) is 3.00. The van der Waals surface area contributed by atoms with E-state index < -0.39 is 5.60 Å². The predicted octanol–water partition coefficient (Wildman–Crippen LogP) is 1.03. The fourth-order valence-electron chi connectivity index (χ4n) is 3.00. The lowest BCUT2D eigenvalue weighted by molar-refractivity contribution is -0.130. The highest BCUT2D eigenvalue weighted by Crippen LogP contribution is 2.29. The number of anilines is 1. The van der Waals surface area contributed by atoms with Crippen molar-refractivity contribution in [2.24, 2.45) is 0 Å². The molecule has 0 unspecified atom stereocenters. The van der Waals surface area contributed by atoms with Crippen LogP contribution in [0, 0.1) is 0 Å². The number of benzene rings is 1. The second-order valence-electron chi connectivity index (χ2n) is 5.65. The summed E-state index contributed by atoms with van der Waals surface area (Å²) in [5, 5.41) is 9.96. The van der Waals surface area contributed by atoms with Crippen molar-refractivity contribution in [2.75, 3.05) is 31.1 Å². The van der Waals surface area contributed by atoms with Crippen molar-refractivity contribution < 1.29 is 9.90 Å². The molecule has 4 heteroatoms. The summed E-state index contributed by atoms with van der Waals surface area (Å²) < 4.78 is 0. The maximum atomic E-state index is 12.3. The van der Waals surface area contributed by atoms with Crippen molar-refractivity contribution in [2.45, 2.75) is 25.4 Å². The number of nitrogens with zero attached hydrogens (tertiary/aromatic N) is 2. The SMILES string of the molecule is CCC1(O)CN(CC(=O)N2CCc3ccccc32)C1. The molecule has 2 aliphatic rings. The Morgan fingerprint density at radius 2 is 2.11 bits per heavy atom. The Morgan fingerprint density at radius 1 is 1.37 bits per heavy atom. The van der Waals surface area contributed by atoms with Gasteiger partial charge >= 0.3 is 0 Å². The van der Waals surface area contributed by atoms with Crippen LogP contribution in [-0.2, 0) is 11.2 Å². The van der Waals surface area contributed by atoms with Crippen LogP contribution >= 0.6 is 0 Å². The van der Waals surface area contributed by atoms with Crippen LogP contribution in [0.5, 0.6) is 0 Å². The number of likely N-dealkylation sites (tertiary alicyclic amines) is 1. The third kappa shape index (κ3) is 2.26. The number of hydrogen-bond donors (Lipinski definition) is 1. The van der Waals surface area contributed by atoms with Gasteiger partial charge in [0.2, 0.25) is 5.91 Å². The van der Waals surface area contributed by atoms with Gasteiger partial charge in [-0.1, -0.05) is 25.1 Å². The zero-order valence-corrected chi connectivity index (χ0v) is 11.3. The lowest BCUT2D eigenvalue weighted by Crippen LogP contribution is -2.63. The summed E-state index contributed by atoms with van der Waals surface area (Å²) in [5.74, 6) is 0.142. The van der Waals surface area contributed by atoms with E-state index >= 15 is 0 Å². The molecule has 1 fully saturated rings. The van der Waals surface area contributed by atoms with Crippen LogP contribution < -0.4 is 4.90 Å². The molecule has 1 aromatic carbocycles. The Kier molecular flexibility index (Phi) is 3.07. The smallest absolute Gasteiger partial charge is 0.241 e. The molecule has 2 aliphatic heterocycles. The minimum absolute atomic E-state index is 0.142. The molecular formula is C15H20N2O2. The van der Waals surface area contributed by atoms with Gasteiger partial charge in [-0.25, -0.2) is 0 Å². The van der Waals surface area contributed by atoms with Crippen LogP contribution in [0.25, 0.3) is 0 Å². The summed E-state index contributed by atoms with van der Waals surface area (Å²) in [6, 6.07) is 8.09. The molecule has 0 atom stereocenters. The molecule has 0 saturated carbocycles.